The molecule has 2 aliphatic rings. The van der Waals surface area contributed by atoms with E-state index in [1.165, 1.54) is 18.4 Å². The molecule has 0 spiro atoms. The van der Waals surface area contributed by atoms with Gasteiger partial charge in [-0.2, -0.15) is 0 Å². The Labute approximate surface area is 158 Å². The number of fused-ring (bicyclic) bond motifs is 2. The molecule has 0 amide bonds. The number of ether oxygens (including phenoxy) is 1. The van der Waals surface area contributed by atoms with E-state index in [0.717, 1.165) is 18.9 Å². The largest absolute Gasteiger partial charge is 0.395 e. The summed E-state index contributed by atoms with van der Waals surface area (Å²) in [4.78, 5) is 2.09. The third-order valence-electron chi connectivity index (χ3n) is 7.34. The Morgan fingerprint density at radius 2 is 1.96 bits per heavy atom. The molecule has 2 aliphatic carbocycles. The summed E-state index contributed by atoms with van der Waals surface area (Å²) in [5.74, 6) is 0.749. The molecule has 1 aromatic rings. The molecule has 2 fully saturated rings. The highest BCUT2D eigenvalue weighted by molar-refractivity contribution is 5.14. The monoisotopic (exact) mass is 361 g/mol. The van der Waals surface area contributed by atoms with Crippen molar-refractivity contribution in [2.75, 3.05) is 26.3 Å². The fourth-order valence-corrected chi connectivity index (χ4v) is 5.18. The lowest BCUT2D eigenvalue weighted by Gasteiger charge is -2.39. The molecule has 0 aliphatic heterocycles. The van der Waals surface area contributed by atoms with Gasteiger partial charge in [-0.15, -0.1) is 0 Å². The first-order valence-electron chi connectivity index (χ1n) is 10.0. The fraction of sp³-hybridized carbons (Fsp3) is 0.727. The lowest BCUT2D eigenvalue weighted by atomic mass is 9.70. The molecule has 1 aromatic carbocycles. The second kappa shape index (κ2) is 7.97. The van der Waals surface area contributed by atoms with Gasteiger partial charge in [0.05, 0.1) is 25.4 Å². The summed E-state index contributed by atoms with van der Waals surface area (Å²) in [7, 11) is 0. The molecular weight excluding hydrogens is 326 g/mol. The van der Waals surface area contributed by atoms with Gasteiger partial charge in [0.2, 0.25) is 0 Å². The number of benzene rings is 1. The maximum absolute atomic E-state index is 10.5. The molecule has 0 radical (unpaired) electrons. The number of hydrogen-bond acceptors (Lipinski definition) is 4. The SMILES string of the molecule is CC1(C)[C@@H]2CC[C@@]1(C)[C@H](OC[C@H](O)CN(CCO)Cc1ccccc1)C2. The Morgan fingerprint density at radius 3 is 2.54 bits per heavy atom. The van der Waals surface area contributed by atoms with Crippen LogP contribution in [0.3, 0.4) is 0 Å². The van der Waals surface area contributed by atoms with Crippen molar-refractivity contribution in [2.24, 2.45) is 16.7 Å². The Bertz CT molecular complexity index is 576. The molecule has 4 heteroatoms. The molecule has 0 unspecified atom stereocenters. The van der Waals surface area contributed by atoms with Crippen LogP contribution >= 0.6 is 0 Å². The van der Waals surface area contributed by atoms with Crippen molar-refractivity contribution in [2.45, 2.75) is 58.8 Å². The first-order chi connectivity index (χ1) is 12.4. The highest BCUT2D eigenvalue weighted by Crippen LogP contribution is 2.66. The molecule has 2 bridgehead atoms. The summed E-state index contributed by atoms with van der Waals surface area (Å²) in [6, 6.07) is 10.2. The summed E-state index contributed by atoms with van der Waals surface area (Å²) >= 11 is 0. The zero-order valence-corrected chi connectivity index (χ0v) is 16.5. The predicted molar refractivity (Wildman–Crippen MR) is 104 cm³/mol. The van der Waals surface area contributed by atoms with Crippen LogP contribution in [0.1, 0.15) is 45.6 Å². The Morgan fingerprint density at radius 1 is 1.23 bits per heavy atom. The van der Waals surface area contributed by atoms with Gasteiger partial charge < -0.3 is 14.9 Å². The lowest BCUT2D eigenvalue weighted by molar-refractivity contribution is -0.0800. The van der Waals surface area contributed by atoms with Crippen LogP contribution in [0.5, 0.6) is 0 Å². The lowest BCUT2D eigenvalue weighted by Crippen LogP contribution is -2.41. The fourth-order valence-electron chi connectivity index (χ4n) is 5.18. The molecule has 0 saturated heterocycles. The zero-order chi connectivity index (χ0) is 18.8. The zero-order valence-electron chi connectivity index (χ0n) is 16.5. The van der Waals surface area contributed by atoms with E-state index in [1.807, 2.05) is 18.2 Å². The Balaban J connectivity index is 1.50. The van der Waals surface area contributed by atoms with E-state index in [-0.39, 0.29) is 18.1 Å². The van der Waals surface area contributed by atoms with Crippen molar-refractivity contribution in [3.8, 4) is 0 Å². The van der Waals surface area contributed by atoms with E-state index in [1.54, 1.807) is 0 Å². The summed E-state index contributed by atoms with van der Waals surface area (Å²) < 4.78 is 6.23. The van der Waals surface area contributed by atoms with Crippen LogP contribution in [-0.4, -0.2) is 53.6 Å². The van der Waals surface area contributed by atoms with Gasteiger partial charge in [-0.3, -0.25) is 4.90 Å². The third kappa shape index (κ3) is 3.84. The first kappa shape index (κ1) is 19.8. The molecule has 2 N–H and O–H groups in total. The molecule has 4 atom stereocenters. The molecular formula is C22H35NO3. The van der Waals surface area contributed by atoms with Crippen molar-refractivity contribution >= 4 is 0 Å². The van der Waals surface area contributed by atoms with Gasteiger partial charge in [0.25, 0.3) is 0 Å². The van der Waals surface area contributed by atoms with Crippen LogP contribution in [-0.2, 0) is 11.3 Å². The van der Waals surface area contributed by atoms with Gasteiger partial charge >= 0.3 is 0 Å². The maximum Gasteiger partial charge on any atom is 0.0900 e. The van der Waals surface area contributed by atoms with E-state index in [9.17, 15) is 10.2 Å². The number of hydrogen-bond donors (Lipinski definition) is 2. The minimum atomic E-state index is -0.531. The van der Waals surface area contributed by atoms with Gasteiger partial charge in [0.15, 0.2) is 0 Å². The van der Waals surface area contributed by atoms with Crippen LogP contribution in [0.4, 0.5) is 0 Å². The number of aliphatic hydroxyl groups is 2. The minimum absolute atomic E-state index is 0.0942. The Kier molecular flexibility index (Phi) is 6.07. The van der Waals surface area contributed by atoms with Gasteiger partial charge in [-0.1, -0.05) is 51.1 Å². The van der Waals surface area contributed by atoms with Crippen molar-refractivity contribution in [3.05, 3.63) is 35.9 Å². The molecule has 4 nitrogen and oxygen atoms in total. The van der Waals surface area contributed by atoms with Crippen LogP contribution in [0.25, 0.3) is 0 Å². The third-order valence-corrected chi connectivity index (χ3v) is 7.34. The van der Waals surface area contributed by atoms with Crippen LogP contribution in [0.15, 0.2) is 30.3 Å². The predicted octanol–water partition coefficient (Wildman–Crippen LogP) is 3.07. The van der Waals surface area contributed by atoms with Gasteiger partial charge in [-0.05, 0) is 41.6 Å². The number of rotatable bonds is 9. The average molecular weight is 362 g/mol. The maximum atomic E-state index is 10.5. The van der Waals surface area contributed by atoms with Gasteiger partial charge in [0, 0.05) is 19.6 Å². The first-order valence-corrected chi connectivity index (χ1v) is 10.0. The summed E-state index contributed by atoms with van der Waals surface area (Å²) in [5, 5.41) is 19.9. The second-order valence-corrected chi connectivity index (χ2v) is 9.03. The summed E-state index contributed by atoms with van der Waals surface area (Å²) in [6.07, 6.45) is 3.40. The van der Waals surface area contributed by atoms with E-state index in [4.69, 9.17) is 4.74 Å². The van der Waals surface area contributed by atoms with Crippen molar-refractivity contribution in [1.82, 2.24) is 4.90 Å². The van der Waals surface area contributed by atoms with E-state index in [0.29, 0.717) is 25.1 Å². The summed E-state index contributed by atoms with van der Waals surface area (Å²) in [6.45, 7) is 9.41. The molecule has 146 valence electrons. The van der Waals surface area contributed by atoms with Crippen LogP contribution in [0, 0.1) is 16.7 Å². The quantitative estimate of drug-likeness (QED) is 0.710. The molecule has 3 rings (SSSR count). The van der Waals surface area contributed by atoms with Crippen molar-refractivity contribution in [1.29, 1.82) is 0 Å². The van der Waals surface area contributed by atoms with E-state index in [2.05, 4.69) is 37.8 Å². The normalized spacial score (nSPS) is 30.8. The molecule has 0 heterocycles. The topological polar surface area (TPSA) is 52.9 Å². The molecule has 2 saturated carbocycles. The standard InChI is InChI=1S/C22H35NO3/c1-21(2)18-9-10-22(21,3)20(13-18)26-16-19(25)15-23(11-12-24)14-17-7-5-4-6-8-17/h4-8,18-20,24-25H,9-16H2,1-3H3/t18-,19-,20-,22+/m1/s1. The second-order valence-electron chi connectivity index (χ2n) is 9.03. The molecule has 0 aromatic heterocycles. The molecule has 26 heavy (non-hydrogen) atoms. The highest BCUT2D eigenvalue weighted by Gasteiger charge is 2.61. The van der Waals surface area contributed by atoms with Crippen molar-refractivity contribution < 1.29 is 14.9 Å². The van der Waals surface area contributed by atoms with Crippen molar-refractivity contribution in [3.63, 3.8) is 0 Å². The van der Waals surface area contributed by atoms with E-state index >= 15 is 0 Å². The number of nitrogens with zero attached hydrogens (tertiary/aromatic N) is 1. The Hall–Kier alpha value is -0.940. The van der Waals surface area contributed by atoms with Crippen LogP contribution in [0.2, 0.25) is 0 Å². The average Bonchev–Trinajstić information content (AvgIpc) is 2.94. The summed E-state index contributed by atoms with van der Waals surface area (Å²) in [5.41, 5.74) is 1.75. The minimum Gasteiger partial charge on any atom is -0.395 e. The van der Waals surface area contributed by atoms with E-state index < -0.39 is 6.10 Å². The highest BCUT2D eigenvalue weighted by atomic mass is 16.5. The van der Waals surface area contributed by atoms with Gasteiger partial charge in [0.1, 0.15) is 0 Å². The van der Waals surface area contributed by atoms with Gasteiger partial charge in [-0.25, -0.2) is 0 Å². The van der Waals surface area contributed by atoms with Crippen LogP contribution < -0.4 is 0 Å². The smallest absolute Gasteiger partial charge is 0.0900 e. The number of aliphatic hydroxyl groups excluding tert-OH is 2.